The summed E-state index contributed by atoms with van der Waals surface area (Å²) in [7, 11) is -2.04. The van der Waals surface area contributed by atoms with E-state index in [2.05, 4.69) is 5.10 Å². The van der Waals surface area contributed by atoms with Gasteiger partial charge in [-0.2, -0.15) is 9.40 Å². The molecule has 2 unspecified atom stereocenters. The molecule has 0 spiro atoms. The lowest BCUT2D eigenvalue weighted by Crippen LogP contribution is -2.47. The number of hydrogen-bond donors (Lipinski definition) is 1. The number of aromatic nitrogens is 2. The normalized spacial score (nSPS) is 24.8. The lowest BCUT2D eigenvalue weighted by Gasteiger charge is -2.35. The van der Waals surface area contributed by atoms with E-state index in [1.165, 1.54) is 15.2 Å². The van der Waals surface area contributed by atoms with Gasteiger partial charge in [0, 0.05) is 25.8 Å². The van der Waals surface area contributed by atoms with Gasteiger partial charge in [0.15, 0.2) is 0 Å². The average molecular weight is 301 g/mol. The Balaban J connectivity index is 2.37. The Kier molecular flexibility index (Phi) is 3.88. The van der Waals surface area contributed by atoms with E-state index in [1.54, 1.807) is 20.9 Å². The third-order valence-electron chi connectivity index (χ3n) is 3.73. The van der Waals surface area contributed by atoms with Crippen LogP contribution in [0.25, 0.3) is 0 Å². The third-order valence-corrected chi connectivity index (χ3v) is 5.81. The van der Waals surface area contributed by atoms with Gasteiger partial charge in [-0.05, 0) is 26.7 Å². The Bertz CT molecular complexity index is 623. The average Bonchev–Trinajstić information content (AvgIpc) is 2.69. The van der Waals surface area contributed by atoms with Crippen LogP contribution >= 0.6 is 0 Å². The monoisotopic (exact) mass is 301 g/mol. The van der Waals surface area contributed by atoms with Crippen molar-refractivity contribution in [2.24, 2.45) is 13.0 Å². The van der Waals surface area contributed by atoms with Gasteiger partial charge in [0.05, 0.1) is 11.6 Å². The summed E-state index contributed by atoms with van der Waals surface area (Å²) in [6.45, 7) is 3.46. The van der Waals surface area contributed by atoms with Crippen LogP contribution in [0.1, 0.15) is 25.5 Å². The summed E-state index contributed by atoms with van der Waals surface area (Å²) in [6.07, 6.45) is 2.52. The molecule has 7 nitrogen and oxygen atoms in total. The molecule has 0 amide bonds. The zero-order valence-electron chi connectivity index (χ0n) is 11.8. The van der Waals surface area contributed by atoms with Crippen molar-refractivity contribution in [1.29, 1.82) is 0 Å². The smallest absolute Gasteiger partial charge is 0.307 e. The first-order valence-electron chi connectivity index (χ1n) is 6.48. The number of carbonyl (C=O) groups is 1. The van der Waals surface area contributed by atoms with Gasteiger partial charge < -0.3 is 5.11 Å². The fourth-order valence-electron chi connectivity index (χ4n) is 2.57. The second-order valence-corrected chi connectivity index (χ2v) is 7.15. The molecular formula is C12H19N3O4S. The summed E-state index contributed by atoms with van der Waals surface area (Å²) in [5.41, 5.74) is 0.428. The first-order chi connectivity index (χ1) is 9.23. The lowest BCUT2D eigenvalue weighted by atomic mass is 9.96. The van der Waals surface area contributed by atoms with Crippen LogP contribution in [0.5, 0.6) is 0 Å². The molecule has 2 heterocycles. The Morgan fingerprint density at radius 2 is 2.10 bits per heavy atom. The van der Waals surface area contributed by atoms with Gasteiger partial charge in [-0.3, -0.25) is 9.48 Å². The topological polar surface area (TPSA) is 92.5 Å². The molecule has 1 fully saturated rings. The maximum absolute atomic E-state index is 12.7. The van der Waals surface area contributed by atoms with Crippen LogP contribution in [0.2, 0.25) is 0 Å². The van der Waals surface area contributed by atoms with Crippen molar-refractivity contribution in [3.8, 4) is 0 Å². The molecule has 0 radical (unpaired) electrons. The van der Waals surface area contributed by atoms with Gasteiger partial charge in [0.1, 0.15) is 4.90 Å². The molecule has 2 rings (SSSR count). The Hall–Kier alpha value is -1.41. The maximum Gasteiger partial charge on any atom is 0.307 e. The van der Waals surface area contributed by atoms with Crippen LogP contribution in [-0.2, 0) is 21.9 Å². The SMILES string of the molecule is Cc1nn(C)cc1S(=O)(=O)N1CC(C(=O)O)CCC1C. The van der Waals surface area contributed by atoms with Crippen LogP contribution in [-0.4, -0.2) is 46.2 Å². The van der Waals surface area contributed by atoms with Crippen molar-refractivity contribution < 1.29 is 18.3 Å². The molecule has 1 aliphatic rings. The van der Waals surface area contributed by atoms with Gasteiger partial charge in [-0.25, -0.2) is 8.42 Å². The number of carboxylic acids is 1. The number of nitrogens with zero attached hydrogens (tertiary/aromatic N) is 3. The first-order valence-corrected chi connectivity index (χ1v) is 7.92. The molecule has 20 heavy (non-hydrogen) atoms. The minimum atomic E-state index is -3.70. The van der Waals surface area contributed by atoms with E-state index < -0.39 is 21.9 Å². The molecule has 1 aliphatic heterocycles. The van der Waals surface area contributed by atoms with Crippen LogP contribution in [0.15, 0.2) is 11.1 Å². The number of sulfonamides is 1. The predicted octanol–water partition coefficient (Wildman–Crippen LogP) is 0.602. The quantitative estimate of drug-likeness (QED) is 0.882. The molecule has 0 bridgehead atoms. The number of aryl methyl sites for hydroxylation is 2. The largest absolute Gasteiger partial charge is 0.481 e. The van der Waals surface area contributed by atoms with E-state index in [9.17, 15) is 13.2 Å². The first kappa shape index (κ1) is 15.0. The van der Waals surface area contributed by atoms with Crippen molar-refractivity contribution in [2.75, 3.05) is 6.54 Å². The maximum atomic E-state index is 12.7. The summed E-state index contributed by atoms with van der Waals surface area (Å²) in [5.74, 6) is -1.59. The Morgan fingerprint density at radius 1 is 1.45 bits per heavy atom. The lowest BCUT2D eigenvalue weighted by molar-refractivity contribution is -0.143. The fourth-order valence-corrected chi connectivity index (χ4v) is 4.48. The molecule has 1 aromatic rings. The minimum absolute atomic E-state index is 0.0210. The van der Waals surface area contributed by atoms with E-state index in [0.29, 0.717) is 18.5 Å². The summed E-state index contributed by atoms with van der Waals surface area (Å²) in [6, 6.07) is -0.199. The highest BCUT2D eigenvalue weighted by Gasteiger charge is 2.38. The molecule has 0 saturated carbocycles. The summed E-state index contributed by atoms with van der Waals surface area (Å²) >= 11 is 0. The van der Waals surface area contributed by atoms with Crippen molar-refractivity contribution in [3.63, 3.8) is 0 Å². The standard InChI is InChI=1S/C12H19N3O4S/c1-8-4-5-10(12(16)17)6-15(8)20(18,19)11-7-14(3)13-9(11)2/h7-8,10H,4-6H2,1-3H3,(H,16,17). The highest BCUT2D eigenvalue weighted by Crippen LogP contribution is 2.29. The summed E-state index contributed by atoms with van der Waals surface area (Å²) < 4.78 is 28.1. The molecule has 0 aromatic carbocycles. The zero-order chi connectivity index (χ0) is 15.1. The second-order valence-electron chi connectivity index (χ2n) is 5.29. The van der Waals surface area contributed by atoms with E-state index in [-0.39, 0.29) is 17.5 Å². The van der Waals surface area contributed by atoms with E-state index in [4.69, 9.17) is 5.11 Å². The fraction of sp³-hybridized carbons (Fsp3) is 0.667. The van der Waals surface area contributed by atoms with Gasteiger partial charge in [-0.1, -0.05) is 0 Å². The van der Waals surface area contributed by atoms with Crippen molar-refractivity contribution in [1.82, 2.24) is 14.1 Å². The Morgan fingerprint density at radius 3 is 2.60 bits per heavy atom. The third kappa shape index (κ3) is 2.57. The molecular weight excluding hydrogens is 282 g/mol. The van der Waals surface area contributed by atoms with Crippen molar-refractivity contribution >= 4 is 16.0 Å². The van der Waals surface area contributed by atoms with Crippen LogP contribution < -0.4 is 0 Å². The number of hydrogen-bond acceptors (Lipinski definition) is 4. The van der Waals surface area contributed by atoms with E-state index >= 15 is 0 Å². The molecule has 1 N–H and O–H groups in total. The number of carboxylic acid groups (broad SMARTS) is 1. The summed E-state index contributed by atoms with van der Waals surface area (Å²) in [4.78, 5) is 11.3. The van der Waals surface area contributed by atoms with Gasteiger partial charge in [0.25, 0.3) is 0 Å². The molecule has 2 atom stereocenters. The van der Waals surface area contributed by atoms with Crippen LogP contribution in [0.4, 0.5) is 0 Å². The van der Waals surface area contributed by atoms with Gasteiger partial charge >= 0.3 is 5.97 Å². The molecule has 1 saturated heterocycles. The highest BCUT2D eigenvalue weighted by atomic mass is 32.2. The van der Waals surface area contributed by atoms with Crippen LogP contribution in [0, 0.1) is 12.8 Å². The number of aliphatic carboxylic acids is 1. The van der Waals surface area contributed by atoms with Gasteiger partial charge in [0.2, 0.25) is 10.0 Å². The molecule has 8 heteroatoms. The molecule has 1 aromatic heterocycles. The van der Waals surface area contributed by atoms with Crippen LogP contribution in [0.3, 0.4) is 0 Å². The predicted molar refractivity (Wildman–Crippen MR) is 71.7 cm³/mol. The van der Waals surface area contributed by atoms with Crippen molar-refractivity contribution in [3.05, 3.63) is 11.9 Å². The summed E-state index contributed by atoms with van der Waals surface area (Å²) in [5, 5.41) is 13.1. The van der Waals surface area contributed by atoms with Gasteiger partial charge in [-0.15, -0.1) is 0 Å². The van der Waals surface area contributed by atoms with E-state index in [0.717, 1.165) is 0 Å². The second kappa shape index (κ2) is 5.17. The Labute approximate surface area is 118 Å². The number of piperidine rings is 1. The highest BCUT2D eigenvalue weighted by molar-refractivity contribution is 7.89. The minimum Gasteiger partial charge on any atom is -0.481 e. The zero-order valence-corrected chi connectivity index (χ0v) is 12.6. The molecule has 0 aliphatic carbocycles. The number of rotatable bonds is 3. The van der Waals surface area contributed by atoms with E-state index in [1.807, 2.05) is 0 Å². The van der Waals surface area contributed by atoms with Crippen molar-refractivity contribution in [2.45, 2.75) is 37.6 Å². The molecule has 112 valence electrons.